The second-order valence-corrected chi connectivity index (χ2v) is 8.49. The van der Waals surface area contributed by atoms with E-state index in [9.17, 15) is 9.90 Å². The number of anilines is 1. The largest absolute Gasteiger partial charge is 0.508 e. The summed E-state index contributed by atoms with van der Waals surface area (Å²) in [6.45, 7) is 2.87. The van der Waals surface area contributed by atoms with Crippen molar-refractivity contribution in [3.8, 4) is 16.3 Å². The fraction of sp³-hybridized carbons (Fsp3) is 0.238. The molecule has 0 atom stereocenters. The van der Waals surface area contributed by atoms with Crippen LogP contribution in [0.3, 0.4) is 0 Å². The quantitative estimate of drug-likeness (QED) is 0.638. The number of piperazine rings is 1. The topological polar surface area (TPSA) is 56.7 Å². The monoisotopic (exact) mass is 457 g/mol. The van der Waals surface area contributed by atoms with E-state index < -0.39 is 0 Å². The molecule has 144 valence electrons. The summed E-state index contributed by atoms with van der Waals surface area (Å²) in [6, 6.07) is 15.3. The number of nitrogens with zero attached hydrogens (tertiary/aromatic N) is 3. The first-order valence-electron chi connectivity index (χ1n) is 9.10. The lowest BCUT2D eigenvalue weighted by Gasteiger charge is -2.36. The molecule has 0 spiro atoms. The van der Waals surface area contributed by atoms with Crippen LogP contribution < -0.4 is 4.90 Å². The van der Waals surface area contributed by atoms with E-state index in [1.165, 1.54) is 0 Å². The normalized spacial score (nSPS) is 14.3. The molecule has 1 aliphatic rings. The molecule has 0 radical (unpaired) electrons. The predicted molar refractivity (Wildman–Crippen MR) is 116 cm³/mol. The predicted octanol–water partition coefficient (Wildman–Crippen LogP) is 4.17. The van der Waals surface area contributed by atoms with Crippen molar-refractivity contribution in [2.45, 2.75) is 6.42 Å². The van der Waals surface area contributed by atoms with Gasteiger partial charge in [0.1, 0.15) is 10.8 Å². The first kappa shape index (κ1) is 19.0. The summed E-state index contributed by atoms with van der Waals surface area (Å²) in [5.74, 6) is 0.377. The van der Waals surface area contributed by atoms with E-state index in [-0.39, 0.29) is 11.7 Å². The minimum absolute atomic E-state index is 0.113. The van der Waals surface area contributed by atoms with Gasteiger partial charge in [0, 0.05) is 53.3 Å². The van der Waals surface area contributed by atoms with Gasteiger partial charge in [0.05, 0.1) is 12.1 Å². The lowest BCUT2D eigenvalue weighted by Crippen LogP contribution is -2.49. The number of benzene rings is 2. The zero-order valence-corrected chi connectivity index (χ0v) is 17.6. The Bertz CT molecular complexity index is 983. The SMILES string of the molecule is O=C(Cc1csc(-c2cccc(Br)c2)n1)N1CCN(c2cccc(O)c2)CC1. The molecular formula is C21H20BrN3O2S. The molecule has 1 aromatic heterocycles. The van der Waals surface area contributed by atoms with Crippen LogP contribution in [0.1, 0.15) is 5.69 Å². The number of aromatic hydroxyl groups is 1. The molecule has 0 aliphatic carbocycles. The number of carbonyl (C=O) groups excluding carboxylic acids is 1. The lowest BCUT2D eigenvalue weighted by molar-refractivity contribution is -0.130. The van der Waals surface area contributed by atoms with Crippen LogP contribution in [0.5, 0.6) is 5.75 Å². The van der Waals surface area contributed by atoms with Crippen molar-refractivity contribution in [1.29, 1.82) is 0 Å². The van der Waals surface area contributed by atoms with Crippen LogP contribution in [-0.2, 0) is 11.2 Å². The molecule has 0 bridgehead atoms. The molecule has 1 aliphatic heterocycles. The highest BCUT2D eigenvalue weighted by molar-refractivity contribution is 9.10. The molecule has 0 saturated carbocycles. The fourth-order valence-corrected chi connectivity index (χ4v) is 4.53. The first-order chi connectivity index (χ1) is 13.6. The summed E-state index contributed by atoms with van der Waals surface area (Å²) in [7, 11) is 0. The highest BCUT2D eigenvalue weighted by atomic mass is 79.9. The highest BCUT2D eigenvalue weighted by Crippen LogP contribution is 2.27. The van der Waals surface area contributed by atoms with Crippen molar-refractivity contribution in [3.63, 3.8) is 0 Å². The minimum atomic E-state index is 0.113. The maximum Gasteiger partial charge on any atom is 0.228 e. The van der Waals surface area contributed by atoms with Gasteiger partial charge in [-0.05, 0) is 24.3 Å². The third-order valence-electron chi connectivity index (χ3n) is 4.78. The van der Waals surface area contributed by atoms with E-state index in [1.54, 1.807) is 23.5 Å². The van der Waals surface area contributed by atoms with Crippen LogP contribution >= 0.6 is 27.3 Å². The van der Waals surface area contributed by atoms with Gasteiger partial charge in [0.25, 0.3) is 0 Å². The maximum atomic E-state index is 12.7. The summed E-state index contributed by atoms with van der Waals surface area (Å²) >= 11 is 5.05. The van der Waals surface area contributed by atoms with Crippen LogP contribution in [0, 0.1) is 0 Å². The average Bonchev–Trinajstić information content (AvgIpc) is 3.17. The van der Waals surface area contributed by atoms with Crippen molar-refractivity contribution in [2.75, 3.05) is 31.1 Å². The average molecular weight is 458 g/mol. The van der Waals surface area contributed by atoms with Crippen LogP contribution in [0.4, 0.5) is 5.69 Å². The molecule has 3 aromatic rings. The van der Waals surface area contributed by atoms with Gasteiger partial charge in [-0.1, -0.05) is 34.1 Å². The fourth-order valence-electron chi connectivity index (χ4n) is 3.31. The van der Waals surface area contributed by atoms with Gasteiger partial charge in [0.15, 0.2) is 0 Å². The first-order valence-corrected chi connectivity index (χ1v) is 10.8. The van der Waals surface area contributed by atoms with Crippen LogP contribution in [0.2, 0.25) is 0 Å². The molecule has 1 N–H and O–H groups in total. The second-order valence-electron chi connectivity index (χ2n) is 6.72. The standard InChI is InChI=1S/C21H20BrN3O2S/c22-16-4-1-3-15(11-16)21-23-17(14-28-21)12-20(27)25-9-7-24(8-10-25)18-5-2-6-19(26)13-18/h1-6,11,13-14,26H,7-10,12H2. The molecule has 2 aromatic carbocycles. The lowest BCUT2D eigenvalue weighted by atomic mass is 10.2. The number of phenolic OH excluding ortho intramolecular Hbond substituents is 1. The number of halogens is 1. The maximum absolute atomic E-state index is 12.7. The second kappa shape index (κ2) is 8.32. The number of rotatable bonds is 4. The van der Waals surface area contributed by atoms with E-state index in [4.69, 9.17) is 0 Å². The zero-order valence-electron chi connectivity index (χ0n) is 15.2. The zero-order chi connectivity index (χ0) is 19.5. The molecule has 28 heavy (non-hydrogen) atoms. The molecule has 7 heteroatoms. The molecule has 2 heterocycles. The van der Waals surface area contributed by atoms with Crippen molar-refractivity contribution < 1.29 is 9.90 Å². The number of thiazole rings is 1. The van der Waals surface area contributed by atoms with Gasteiger partial charge in [-0.25, -0.2) is 4.98 Å². The van der Waals surface area contributed by atoms with Gasteiger partial charge in [-0.3, -0.25) is 4.79 Å². The minimum Gasteiger partial charge on any atom is -0.508 e. The summed E-state index contributed by atoms with van der Waals surface area (Å²) in [5, 5.41) is 12.5. The third kappa shape index (κ3) is 4.36. The Morgan fingerprint density at radius 3 is 2.64 bits per heavy atom. The van der Waals surface area contributed by atoms with E-state index in [2.05, 4.69) is 25.8 Å². The van der Waals surface area contributed by atoms with Gasteiger partial charge in [-0.15, -0.1) is 11.3 Å². The summed E-state index contributed by atoms with van der Waals surface area (Å²) in [6.07, 6.45) is 0.330. The van der Waals surface area contributed by atoms with Crippen molar-refractivity contribution in [2.24, 2.45) is 0 Å². The van der Waals surface area contributed by atoms with Gasteiger partial charge >= 0.3 is 0 Å². The Morgan fingerprint density at radius 1 is 1.11 bits per heavy atom. The van der Waals surface area contributed by atoms with Gasteiger partial charge in [0.2, 0.25) is 5.91 Å². The Morgan fingerprint density at radius 2 is 1.89 bits per heavy atom. The number of phenols is 1. The van der Waals surface area contributed by atoms with Gasteiger partial charge in [-0.2, -0.15) is 0 Å². The number of hydrogen-bond acceptors (Lipinski definition) is 5. The highest BCUT2D eigenvalue weighted by Gasteiger charge is 2.22. The van der Waals surface area contributed by atoms with Crippen molar-refractivity contribution in [3.05, 3.63) is 64.1 Å². The van der Waals surface area contributed by atoms with E-state index in [0.717, 1.165) is 39.5 Å². The molecule has 4 rings (SSSR count). The molecule has 0 unspecified atom stereocenters. The van der Waals surface area contributed by atoms with Crippen molar-refractivity contribution >= 4 is 38.9 Å². The van der Waals surface area contributed by atoms with Crippen LogP contribution in [0.25, 0.3) is 10.6 Å². The summed E-state index contributed by atoms with van der Waals surface area (Å²) in [5.41, 5.74) is 2.86. The third-order valence-corrected chi connectivity index (χ3v) is 6.22. The van der Waals surface area contributed by atoms with E-state index in [1.807, 2.05) is 46.7 Å². The molecular weight excluding hydrogens is 438 g/mol. The Labute approximate surface area is 176 Å². The Hall–Kier alpha value is -2.38. The Kier molecular flexibility index (Phi) is 5.64. The molecule has 5 nitrogen and oxygen atoms in total. The smallest absolute Gasteiger partial charge is 0.228 e. The van der Waals surface area contributed by atoms with Crippen LogP contribution in [0.15, 0.2) is 58.4 Å². The van der Waals surface area contributed by atoms with E-state index >= 15 is 0 Å². The van der Waals surface area contributed by atoms with Gasteiger partial charge < -0.3 is 14.9 Å². The number of amides is 1. The van der Waals surface area contributed by atoms with Crippen LogP contribution in [-0.4, -0.2) is 47.1 Å². The number of carbonyl (C=O) groups is 1. The molecule has 1 amide bonds. The Balaban J connectivity index is 1.35. The number of hydrogen-bond donors (Lipinski definition) is 1. The molecule has 1 fully saturated rings. The van der Waals surface area contributed by atoms with Crippen molar-refractivity contribution in [1.82, 2.24) is 9.88 Å². The molecule has 1 saturated heterocycles. The van der Waals surface area contributed by atoms with E-state index in [0.29, 0.717) is 19.5 Å². The summed E-state index contributed by atoms with van der Waals surface area (Å²) in [4.78, 5) is 21.4. The summed E-state index contributed by atoms with van der Waals surface area (Å²) < 4.78 is 1.02. The number of aromatic nitrogens is 1.